The van der Waals surface area contributed by atoms with Crippen LogP contribution in [0.4, 0.5) is 0 Å². The molecular formula is C20H30O2Si. The van der Waals surface area contributed by atoms with Crippen molar-refractivity contribution in [3.8, 4) is 0 Å². The standard InChI is InChI=1S/C20H30O2Si/c1-18(12-15-22-20-11-7-8-14-21-20)13-16-23(2,3)17-19-9-5-4-6-10-19/h4-6,9-10,12-13,16,20H,7-8,11,14-15,17H2,1-3H3/b16-13-,18-12+. The number of ether oxygens (including phenoxy) is 2. The van der Waals surface area contributed by atoms with Gasteiger partial charge in [0.05, 0.1) is 14.7 Å². The maximum Gasteiger partial charge on any atom is 0.157 e. The number of rotatable bonds is 7. The number of hydrogen-bond donors (Lipinski definition) is 0. The molecule has 1 unspecified atom stereocenters. The summed E-state index contributed by atoms with van der Waals surface area (Å²) in [6, 6.07) is 12.0. The predicted octanol–water partition coefficient (Wildman–Crippen LogP) is 5.06. The molecule has 23 heavy (non-hydrogen) atoms. The van der Waals surface area contributed by atoms with Gasteiger partial charge in [0.25, 0.3) is 0 Å². The van der Waals surface area contributed by atoms with Gasteiger partial charge >= 0.3 is 0 Å². The van der Waals surface area contributed by atoms with Gasteiger partial charge in [-0.1, -0.05) is 72.4 Å². The maximum atomic E-state index is 5.76. The molecule has 0 spiro atoms. The van der Waals surface area contributed by atoms with Gasteiger partial charge < -0.3 is 9.47 Å². The molecule has 1 atom stereocenters. The summed E-state index contributed by atoms with van der Waals surface area (Å²) >= 11 is 0. The molecule has 1 aliphatic heterocycles. The molecule has 1 fully saturated rings. The van der Waals surface area contributed by atoms with E-state index in [-0.39, 0.29) is 6.29 Å². The van der Waals surface area contributed by atoms with E-state index in [1.54, 1.807) is 0 Å². The summed E-state index contributed by atoms with van der Waals surface area (Å²) in [6.45, 7) is 8.45. The van der Waals surface area contributed by atoms with Crippen molar-refractivity contribution >= 4 is 8.07 Å². The Hall–Kier alpha value is -1.16. The lowest BCUT2D eigenvalue weighted by Gasteiger charge is -2.22. The van der Waals surface area contributed by atoms with Crippen LogP contribution in [0.25, 0.3) is 0 Å². The van der Waals surface area contributed by atoms with E-state index in [1.807, 2.05) is 0 Å². The number of benzene rings is 1. The van der Waals surface area contributed by atoms with Crippen molar-refractivity contribution < 1.29 is 9.47 Å². The number of hydrogen-bond acceptors (Lipinski definition) is 2. The Labute approximate surface area is 142 Å². The van der Waals surface area contributed by atoms with Crippen molar-refractivity contribution in [1.29, 1.82) is 0 Å². The van der Waals surface area contributed by atoms with Crippen molar-refractivity contribution in [2.24, 2.45) is 0 Å². The molecule has 0 saturated carbocycles. The second-order valence-corrected chi connectivity index (χ2v) is 11.7. The third kappa shape index (κ3) is 7.29. The topological polar surface area (TPSA) is 18.5 Å². The molecule has 1 aromatic rings. The molecule has 0 aliphatic carbocycles. The highest BCUT2D eigenvalue weighted by molar-refractivity contribution is 6.81. The van der Waals surface area contributed by atoms with Crippen LogP contribution in [0.3, 0.4) is 0 Å². The predicted molar refractivity (Wildman–Crippen MR) is 100 cm³/mol. The van der Waals surface area contributed by atoms with E-state index in [0.29, 0.717) is 6.61 Å². The SMILES string of the molecule is CC(/C=C\[Si](C)(C)Cc1ccccc1)=C\COC1CCCCO1. The van der Waals surface area contributed by atoms with Crippen LogP contribution < -0.4 is 0 Å². The summed E-state index contributed by atoms with van der Waals surface area (Å²) in [5.74, 6) is 0. The number of allylic oxidation sites excluding steroid dienone is 2. The van der Waals surface area contributed by atoms with Crippen LogP contribution in [0, 0.1) is 0 Å². The van der Waals surface area contributed by atoms with Crippen molar-refractivity contribution in [1.82, 2.24) is 0 Å². The first-order valence-corrected chi connectivity index (χ1v) is 12.0. The Kier molecular flexibility index (Phi) is 7.28. The molecule has 126 valence electrons. The van der Waals surface area contributed by atoms with Gasteiger partial charge in [-0.05, 0) is 32.2 Å². The van der Waals surface area contributed by atoms with Gasteiger partial charge in [-0.25, -0.2) is 0 Å². The zero-order chi connectivity index (χ0) is 16.5. The fourth-order valence-electron chi connectivity index (χ4n) is 2.74. The summed E-state index contributed by atoms with van der Waals surface area (Å²) in [7, 11) is -1.37. The van der Waals surface area contributed by atoms with Crippen LogP contribution >= 0.6 is 0 Å². The monoisotopic (exact) mass is 330 g/mol. The largest absolute Gasteiger partial charge is 0.353 e. The highest BCUT2D eigenvalue weighted by Crippen LogP contribution is 2.15. The first-order chi connectivity index (χ1) is 11.1. The lowest BCUT2D eigenvalue weighted by atomic mass is 10.2. The van der Waals surface area contributed by atoms with Crippen LogP contribution in [0.15, 0.2) is 53.8 Å². The summed E-state index contributed by atoms with van der Waals surface area (Å²) in [4.78, 5) is 0. The Bertz CT molecular complexity index is 514. The van der Waals surface area contributed by atoms with Crippen LogP contribution in [-0.4, -0.2) is 27.6 Å². The molecule has 3 heteroatoms. The molecule has 2 rings (SSSR count). The minimum Gasteiger partial charge on any atom is -0.353 e. The molecule has 0 radical (unpaired) electrons. The van der Waals surface area contributed by atoms with E-state index < -0.39 is 8.07 Å². The normalized spacial score (nSPS) is 20.1. The summed E-state index contributed by atoms with van der Waals surface area (Å²) in [6.07, 6.45) is 7.83. The second-order valence-electron chi connectivity index (χ2n) is 7.06. The molecule has 0 bridgehead atoms. The van der Waals surface area contributed by atoms with Gasteiger partial charge in [0.2, 0.25) is 0 Å². The maximum absolute atomic E-state index is 5.76. The van der Waals surface area contributed by atoms with Crippen LogP contribution in [0.1, 0.15) is 31.7 Å². The van der Waals surface area contributed by atoms with Crippen LogP contribution in [0.2, 0.25) is 13.1 Å². The Morgan fingerprint density at radius 2 is 2.04 bits per heavy atom. The van der Waals surface area contributed by atoms with Gasteiger partial charge in [0.15, 0.2) is 6.29 Å². The van der Waals surface area contributed by atoms with E-state index in [0.717, 1.165) is 13.0 Å². The third-order valence-corrected chi connectivity index (χ3v) is 6.51. The minimum absolute atomic E-state index is 0.000626. The quantitative estimate of drug-likeness (QED) is 0.514. The molecule has 1 heterocycles. The first-order valence-electron chi connectivity index (χ1n) is 8.68. The molecule has 0 amide bonds. The van der Waals surface area contributed by atoms with Crippen LogP contribution in [-0.2, 0) is 15.5 Å². The van der Waals surface area contributed by atoms with Gasteiger partial charge in [-0.15, -0.1) is 0 Å². The second kappa shape index (κ2) is 9.21. The minimum atomic E-state index is -1.37. The zero-order valence-corrected chi connectivity index (χ0v) is 15.8. The van der Waals surface area contributed by atoms with E-state index in [9.17, 15) is 0 Å². The highest BCUT2D eigenvalue weighted by Gasteiger charge is 2.17. The zero-order valence-electron chi connectivity index (χ0n) is 14.8. The average molecular weight is 331 g/mol. The lowest BCUT2D eigenvalue weighted by molar-refractivity contribution is -0.155. The molecule has 1 saturated heterocycles. The van der Waals surface area contributed by atoms with Crippen molar-refractivity contribution in [2.45, 2.75) is 51.6 Å². The summed E-state index contributed by atoms with van der Waals surface area (Å²) in [5, 5.41) is 0. The molecule has 1 aliphatic rings. The van der Waals surface area contributed by atoms with Crippen molar-refractivity contribution in [3.05, 3.63) is 59.3 Å². The molecule has 2 nitrogen and oxygen atoms in total. The smallest absolute Gasteiger partial charge is 0.157 e. The van der Waals surface area contributed by atoms with Crippen LogP contribution in [0.5, 0.6) is 0 Å². The Morgan fingerprint density at radius 3 is 2.74 bits per heavy atom. The van der Waals surface area contributed by atoms with Gasteiger partial charge in [0.1, 0.15) is 0 Å². The molecule has 1 aromatic carbocycles. The van der Waals surface area contributed by atoms with Crippen molar-refractivity contribution in [2.75, 3.05) is 13.2 Å². The Morgan fingerprint density at radius 1 is 1.26 bits per heavy atom. The summed E-state index contributed by atoms with van der Waals surface area (Å²) in [5.41, 5.74) is 5.14. The van der Waals surface area contributed by atoms with E-state index >= 15 is 0 Å². The fourth-order valence-corrected chi connectivity index (χ4v) is 4.86. The molecule has 0 aromatic heterocycles. The Balaban J connectivity index is 1.78. The third-order valence-electron chi connectivity index (χ3n) is 4.13. The van der Waals surface area contributed by atoms with E-state index in [1.165, 1.54) is 30.0 Å². The molecule has 0 N–H and O–H groups in total. The van der Waals surface area contributed by atoms with Gasteiger partial charge in [-0.3, -0.25) is 0 Å². The average Bonchev–Trinajstić information content (AvgIpc) is 2.55. The lowest BCUT2D eigenvalue weighted by Crippen LogP contribution is -2.26. The van der Waals surface area contributed by atoms with E-state index in [4.69, 9.17) is 9.47 Å². The molecular weight excluding hydrogens is 300 g/mol. The summed E-state index contributed by atoms with van der Waals surface area (Å²) < 4.78 is 11.3. The fraction of sp³-hybridized carbons (Fsp3) is 0.500. The highest BCUT2D eigenvalue weighted by atomic mass is 28.3. The van der Waals surface area contributed by atoms with Crippen molar-refractivity contribution in [3.63, 3.8) is 0 Å². The van der Waals surface area contributed by atoms with Gasteiger partial charge in [0, 0.05) is 6.61 Å². The van der Waals surface area contributed by atoms with E-state index in [2.05, 4.69) is 68.2 Å². The van der Waals surface area contributed by atoms with Gasteiger partial charge in [-0.2, -0.15) is 0 Å². The first kappa shape index (κ1) is 18.2.